The number of aromatic nitrogens is 1. The molecule has 0 N–H and O–H groups in total. The number of pyridine rings is 1. The summed E-state index contributed by atoms with van der Waals surface area (Å²) in [7, 11) is 3.20. The van der Waals surface area contributed by atoms with Gasteiger partial charge in [0.2, 0.25) is 0 Å². The number of nitrogens with zero attached hydrogens (tertiary/aromatic N) is 4. The number of hydrogen-bond donors (Lipinski definition) is 0. The van der Waals surface area contributed by atoms with Crippen molar-refractivity contribution in [3.8, 4) is 0 Å². The first kappa shape index (κ1) is 12.3. The van der Waals surface area contributed by atoms with E-state index in [4.69, 9.17) is 0 Å². The zero-order valence-corrected chi connectivity index (χ0v) is 9.28. The first-order valence-electron chi connectivity index (χ1n) is 4.80. The molecule has 1 heterocycles. The average Bonchev–Trinajstić information content (AvgIpc) is 2.26. The maximum absolute atomic E-state index is 10.8. The largest absolute Gasteiger partial charge is 0.303 e. The Kier molecular flexibility index (Phi) is 4.53. The molecule has 0 aliphatic carbocycles. The van der Waals surface area contributed by atoms with Crippen molar-refractivity contribution in [2.45, 2.75) is 12.7 Å². The van der Waals surface area contributed by atoms with E-state index < -0.39 is 6.17 Å². The van der Waals surface area contributed by atoms with Crippen LogP contribution in [0.15, 0.2) is 29.5 Å². The summed E-state index contributed by atoms with van der Waals surface area (Å²) in [5.74, 6) is 0. The minimum Gasteiger partial charge on any atom is -0.292 e. The Morgan fingerprint density at radius 1 is 1.75 bits per heavy atom. The van der Waals surface area contributed by atoms with Crippen molar-refractivity contribution >= 4 is 6.21 Å². The Bertz CT molecular complexity index is 366. The average molecular weight is 222 g/mol. The summed E-state index contributed by atoms with van der Waals surface area (Å²) in [6, 6.07) is 3.68. The molecule has 16 heavy (non-hydrogen) atoms. The van der Waals surface area contributed by atoms with Crippen molar-refractivity contribution in [1.82, 2.24) is 9.88 Å². The molecule has 0 amide bonds. The fourth-order valence-electron chi connectivity index (χ4n) is 1.34. The first-order chi connectivity index (χ1) is 7.65. The van der Waals surface area contributed by atoms with Gasteiger partial charge < -0.3 is 0 Å². The summed E-state index contributed by atoms with van der Waals surface area (Å²) in [5.41, 5.74) is 0.932. The summed E-state index contributed by atoms with van der Waals surface area (Å²) < 4.78 is 0. The van der Waals surface area contributed by atoms with Crippen molar-refractivity contribution in [2.75, 3.05) is 14.1 Å². The van der Waals surface area contributed by atoms with Crippen molar-refractivity contribution in [2.24, 2.45) is 4.99 Å². The SMILES string of the molecule is CN=CC(N(C)Cc1cccnc1)[N+](=O)[O-]. The van der Waals surface area contributed by atoms with Crippen molar-refractivity contribution in [3.05, 3.63) is 40.2 Å². The zero-order valence-electron chi connectivity index (χ0n) is 9.28. The van der Waals surface area contributed by atoms with Gasteiger partial charge in [-0.25, -0.2) is 4.90 Å². The van der Waals surface area contributed by atoms with Gasteiger partial charge in [0.1, 0.15) is 0 Å². The summed E-state index contributed by atoms with van der Waals surface area (Å²) >= 11 is 0. The summed E-state index contributed by atoms with van der Waals surface area (Å²) in [4.78, 5) is 19.7. The van der Waals surface area contributed by atoms with E-state index in [9.17, 15) is 10.1 Å². The molecule has 1 atom stereocenters. The lowest BCUT2D eigenvalue weighted by atomic mass is 10.2. The number of rotatable bonds is 5. The van der Waals surface area contributed by atoms with Gasteiger partial charge in [-0.1, -0.05) is 6.07 Å². The fraction of sp³-hybridized carbons (Fsp3) is 0.400. The van der Waals surface area contributed by atoms with E-state index in [0.29, 0.717) is 6.54 Å². The molecule has 0 spiro atoms. The quantitative estimate of drug-likeness (QED) is 0.320. The van der Waals surface area contributed by atoms with Crippen LogP contribution in [0.25, 0.3) is 0 Å². The standard InChI is InChI=1S/C10H14N4O2/c1-11-7-10(14(15)16)13(2)8-9-4-3-5-12-6-9/h3-7,10H,8H2,1-2H3. The van der Waals surface area contributed by atoms with Gasteiger partial charge in [0.05, 0.1) is 6.21 Å². The first-order valence-corrected chi connectivity index (χ1v) is 4.80. The highest BCUT2D eigenvalue weighted by atomic mass is 16.6. The van der Waals surface area contributed by atoms with Gasteiger partial charge >= 0.3 is 6.17 Å². The molecule has 1 unspecified atom stereocenters. The number of hydrogen-bond acceptors (Lipinski definition) is 5. The van der Waals surface area contributed by atoms with Crippen LogP contribution in [0.3, 0.4) is 0 Å². The molecule has 1 aromatic heterocycles. The van der Waals surface area contributed by atoms with Gasteiger partial charge in [0, 0.05) is 30.9 Å². The third kappa shape index (κ3) is 3.39. The Hall–Kier alpha value is -1.82. The molecule has 0 aliphatic heterocycles. The lowest BCUT2D eigenvalue weighted by Crippen LogP contribution is -2.39. The second-order valence-corrected chi connectivity index (χ2v) is 3.38. The maximum Gasteiger partial charge on any atom is 0.303 e. The smallest absolute Gasteiger partial charge is 0.292 e. The monoisotopic (exact) mass is 222 g/mol. The van der Waals surface area contributed by atoms with Gasteiger partial charge in [-0.2, -0.15) is 0 Å². The minimum absolute atomic E-state index is 0.372. The summed E-state index contributed by atoms with van der Waals surface area (Å²) in [6.45, 7) is 0.464. The van der Waals surface area contributed by atoms with Gasteiger partial charge in [-0.05, 0) is 18.7 Å². The molecule has 0 bridgehead atoms. The topological polar surface area (TPSA) is 71.6 Å². The molecule has 6 nitrogen and oxygen atoms in total. The Morgan fingerprint density at radius 2 is 2.50 bits per heavy atom. The molecular formula is C10H14N4O2. The molecule has 0 aliphatic rings. The van der Waals surface area contributed by atoms with E-state index in [-0.39, 0.29) is 4.92 Å². The molecular weight excluding hydrogens is 208 g/mol. The van der Waals surface area contributed by atoms with Crippen molar-refractivity contribution < 1.29 is 4.92 Å². The zero-order chi connectivity index (χ0) is 12.0. The maximum atomic E-state index is 10.8. The highest BCUT2D eigenvalue weighted by Gasteiger charge is 2.22. The van der Waals surface area contributed by atoms with Gasteiger partial charge in [-0.3, -0.25) is 20.1 Å². The highest BCUT2D eigenvalue weighted by Crippen LogP contribution is 2.04. The third-order valence-electron chi connectivity index (χ3n) is 2.10. The number of aliphatic imine (C=N–C) groups is 1. The Morgan fingerprint density at radius 3 is 3.00 bits per heavy atom. The molecule has 86 valence electrons. The van der Waals surface area contributed by atoms with Crippen molar-refractivity contribution in [3.63, 3.8) is 0 Å². The molecule has 0 saturated heterocycles. The molecule has 1 rings (SSSR count). The Labute approximate surface area is 93.8 Å². The molecule has 6 heteroatoms. The van der Waals surface area contributed by atoms with Crippen LogP contribution in [0.5, 0.6) is 0 Å². The predicted octanol–water partition coefficient (Wildman–Crippen LogP) is 0.817. The van der Waals surface area contributed by atoms with E-state index in [2.05, 4.69) is 9.98 Å². The van der Waals surface area contributed by atoms with Crippen LogP contribution in [0.4, 0.5) is 0 Å². The predicted molar refractivity (Wildman–Crippen MR) is 60.9 cm³/mol. The van der Waals surface area contributed by atoms with Crippen LogP contribution < -0.4 is 0 Å². The fourth-order valence-corrected chi connectivity index (χ4v) is 1.34. The molecule has 0 radical (unpaired) electrons. The second-order valence-electron chi connectivity index (χ2n) is 3.38. The van der Waals surface area contributed by atoms with Crippen LogP contribution in [0, 0.1) is 10.1 Å². The van der Waals surface area contributed by atoms with Crippen LogP contribution in [-0.4, -0.2) is 41.3 Å². The van der Waals surface area contributed by atoms with Crippen LogP contribution in [-0.2, 0) is 6.54 Å². The van der Waals surface area contributed by atoms with Gasteiger partial charge in [-0.15, -0.1) is 0 Å². The van der Waals surface area contributed by atoms with E-state index >= 15 is 0 Å². The molecule has 0 aromatic carbocycles. The molecule has 1 aromatic rings. The van der Waals surface area contributed by atoms with E-state index in [0.717, 1.165) is 5.56 Å². The van der Waals surface area contributed by atoms with E-state index in [1.165, 1.54) is 13.3 Å². The third-order valence-corrected chi connectivity index (χ3v) is 2.10. The van der Waals surface area contributed by atoms with E-state index in [1.807, 2.05) is 6.07 Å². The van der Waals surface area contributed by atoms with Gasteiger partial charge in [0.25, 0.3) is 0 Å². The lowest BCUT2D eigenvalue weighted by molar-refractivity contribution is -0.527. The van der Waals surface area contributed by atoms with Crippen LogP contribution in [0.2, 0.25) is 0 Å². The van der Waals surface area contributed by atoms with E-state index in [1.54, 1.807) is 30.4 Å². The number of nitro groups is 1. The normalized spacial score (nSPS) is 13.2. The lowest BCUT2D eigenvalue weighted by Gasteiger charge is -2.17. The van der Waals surface area contributed by atoms with Crippen LogP contribution in [0.1, 0.15) is 5.56 Å². The Balaban J connectivity index is 2.69. The highest BCUT2D eigenvalue weighted by molar-refractivity contribution is 5.61. The summed E-state index contributed by atoms with van der Waals surface area (Å²) in [6.07, 6.45) is 3.78. The van der Waals surface area contributed by atoms with Crippen LogP contribution >= 0.6 is 0 Å². The van der Waals surface area contributed by atoms with Crippen molar-refractivity contribution in [1.29, 1.82) is 0 Å². The minimum atomic E-state index is -0.898. The summed E-state index contributed by atoms with van der Waals surface area (Å²) in [5, 5.41) is 10.8. The molecule has 0 fully saturated rings. The van der Waals surface area contributed by atoms with Gasteiger partial charge in [0.15, 0.2) is 0 Å². The molecule has 0 saturated carbocycles. The second kappa shape index (κ2) is 5.92.